The summed E-state index contributed by atoms with van der Waals surface area (Å²) < 4.78 is 0. The summed E-state index contributed by atoms with van der Waals surface area (Å²) in [5, 5.41) is 0. The summed E-state index contributed by atoms with van der Waals surface area (Å²) in [5.41, 5.74) is 5.76. The Morgan fingerprint density at radius 1 is 0.448 bits per heavy atom. The van der Waals surface area contributed by atoms with E-state index in [2.05, 4.69) is 32.6 Å². The van der Waals surface area contributed by atoms with Crippen molar-refractivity contribution < 1.29 is 0 Å². The number of hydrogen-bond acceptors (Lipinski definition) is 2. The van der Waals surface area contributed by atoms with Crippen LogP contribution in [0.2, 0.25) is 0 Å². The summed E-state index contributed by atoms with van der Waals surface area (Å²) in [7, 11) is 0. The zero-order valence-electron chi connectivity index (χ0n) is 21.0. The van der Waals surface area contributed by atoms with Crippen LogP contribution >= 0.6 is 0 Å². The van der Waals surface area contributed by atoms with E-state index in [0.717, 1.165) is 24.8 Å². The Morgan fingerprint density at radius 2 is 0.759 bits per heavy atom. The summed E-state index contributed by atoms with van der Waals surface area (Å²) in [4.78, 5) is 2.69. The minimum atomic E-state index is 0.837. The fourth-order valence-electron chi connectivity index (χ4n) is 4.19. The Kier molecular flexibility index (Phi) is 22.5. The van der Waals surface area contributed by atoms with Crippen molar-refractivity contribution in [1.82, 2.24) is 4.90 Å². The van der Waals surface area contributed by atoms with E-state index in [0.29, 0.717) is 0 Å². The molecule has 0 unspecified atom stereocenters. The molecule has 0 amide bonds. The molecule has 0 aromatic heterocycles. The maximum Gasteiger partial charge on any atom is -0.000672 e. The molecule has 0 heterocycles. The number of hydrogen-bond donors (Lipinski definition) is 1. The lowest BCUT2D eigenvalue weighted by atomic mass is 10.0. The zero-order chi connectivity index (χ0) is 21.6. The van der Waals surface area contributed by atoms with Gasteiger partial charge >= 0.3 is 0 Å². The molecule has 0 saturated heterocycles. The van der Waals surface area contributed by atoms with Gasteiger partial charge in [0.2, 0.25) is 0 Å². The molecule has 29 heavy (non-hydrogen) atoms. The summed E-state index contributed by atoms with van der Waals surface area (Å²) in [5.74, 6) is 1.76. The Morgan fingerprint density at radius 3 is 1.10 bits per heavy atom. The summed E-state index contributed by atoms with van der Waals surface area (Å²) in [6.45, 7) is 14.0. The molecule has 0 aromatic rings. The summed E-state index contributed by atoms with van der Waals surface area (Å²) in [6.07, 6.45) is 24.0. The second-order valence-corrected chi connectivity index (χ2v) is 10.3. The van der Waals surface area contributed by atoms with Crippen molar-refractivity contribution in [2.24, 2.45) is 17.6 Å². The van der Waals surface area contributed by atoms with Gasteiger partial charge < -0.3 is 10.6 Å². The number of nitrogens with zero attached hydrogens (tertiary/aromatic N) is 1. The van der Waals surface area contributed by atoms with Crippen LogP contribution in [0.15, 0.2) is 0 Å². The monoisotopic (exact) mass is 410 g/mol. The van der Waals surface area contributed by atoms with E-state index in [4.69, 9.17) is 5.73 Å². The first kappa shape index (κ1) is 28.9. The van der Waals surface area contributed by atoms with Crippen LogP contribution in [0.25, 0.3) is 0 Å². The van der Waals surface area contributed by atoms with Crippen molar-refractivity contribution in [3.63, 3.8) is 0 Å². The van der Waals surface area contributed by atoms with Crippen LogP contribution < -0.4 is 5.73 Å². The van der Waals surface area contributed by atoms with Crippen molar-refractivity contribution in [3.8, 4) is 0 Å². The van der Waals surface area contributed by atoms with Crippen molar-refractivity contribution in [3.05, 3.63) is 0 Å². The zero-order valence-corrected chi connectivity index (χ0v) is 21.0. The van der Waals surface area contributed by atoms with Gasteiger partial charge in [-0.2, -0.15) is 0 Å². The molecular weight excluding hydrogens is 352 g/mol. The van der Waals surface area contributed by atoms with E-state index in [1.54, 1.807) is 0 Å². The molecule has 0 atom stereocenters. The molecular formula is C27H58N2. The van der Waals surface area contributed by atoms with Gasteiger partial charge in [-0.1, -0.05) is 118 Å². The van der Waals surface area contributed by atoms with Crippen molar-refractivity contribution in [2.45, 2.75) is 137 Å². The maximum absolute atomic E-state index is 5.76. The highest BCUT2D eigenvalue weighted by Crippen LogP contribution is 2.14. The van der Waals surface area contributed by atoms with Gasteiger partial charge in [-0.3, -0.25) is 0 Å². The van der Waals surface area contributed by atoms with Gasteiger partial charge in [0.25, 0.3) is 0 Å². The molecule has 0 fully saturated rings. The van der Waals surface area contributed by atoms with Crippen LogP contribution in [0.5, 0.6) is 0 Å². The van der Waals surface area contributed by atoms with Gasteiger partial charge in [-0.25, -0.2) is 0 Å². The van der Waals surface area contributed by atoms with Crippen LogP contribution in [0.4, 0.5) is 0 Å². The molecule has 0 rings (SSSR count). The van der Waals surface area contributed by atoms with Gasteiger partial charge in [0.1, 0.15) is 0 Å². The van der Waals surface area contributed by atoms with E-state index < -0.39 is 0 Å². The highest BCUT2D eigenvalue weighted by Gasteiger charge is 2.04. The third-order valence-corrected chi connectivity index (χ3v) is 6.19. The van der Waals surface area contributed by atoms with Gasteiger partial charge in [0, 0.05) is 0 Å². The number of unbranched alkanes of at least 4 members (excludes halogenated alkanes) is 12. The highest BCUT2D eigenvalue weighted by atomic mass is 15.1. The van der Waals surface area contributed by atoms with E-state index >= 15 is 0 Å². The fourth-order valence-corrected chi connectivity index (χ4v) is 4.19. The first-order valence-electron chi connectivity index (χ1n) is 13.5. The normalized spacial score (nSPS) is 12.0. The van der Waals surface area contributed by atoms with Crippen LogP contribution in [0.1, 0.15) is 137 Å². The van der Waals surface area contributed by atoms with Crippen LogP contribution in [0, 0.1) is 11.8 Å². The highest BCUT2D eigenvalue weighted by molar-refractivity contribution is 4.60. The van der Waals surface area contributed by atoms with Crippen LogP contribution in [-0.4, -0.2) is 31.1 Å². The van der Waals surface area contributed by atoms with Crippen LogP contribution in [-0.2, 0) is 0 Å². The van der Waals surface area contributed by atoms with Crippen molar-refractivity contribution >= 4 is 0 Å². The second kappa shape index (κ2) is 22.6. The van der Waals surface area contributed by atoms with Gasteiger partial charge in [0.15, 0.2) is 0 Å². The van der Waals surface area contributed by atoms with Gasteiger partial charge in [0.05, 0.1) is 0 Å². The fraction of sp³-hybridized carbons (Fsp3) is 1.00. The third kappa shape index (κ3) is 24.1. The lowest BCUT2D eigenvalue weighted by Gasteiger charge is -2.22. The largest absolute Gasteiger partial charge is 0.330 e. The first-order valence-corrected chi connectivity index (χ1v) is 13.5. The quantitative estimate of drug-likeness (QED) is 0.172. The summed E-state index contributed by atoms with van der Waals surface area (Å²) >= 11 is 0. The Bertz CT molecular complexity index is 275. The Labute approximate surface area is 185 Å². The lowest BCUT2D eigenvalue weighted by Crippen LogP contribution is -2.28. The smallest absolute Gasteiger partial charge is 0.000672 e. The third-order valence-electron chi connectivity index (χ3n) is 6.19. The lowest BCUT2D eigenvalue weighted by molar-refractivity contribution is 0.258. The predicted molar refractivity (Wildman–Crippen MR) is 134 cm³/mol. The number of rotatable bonds is 23. The van der Waals surface area contributed by atoms with Crippen molar-refractivity contribution in [1.29, 1.82) is 0 Å². The minimum Gasteiger partial charge on any atom is -0.330 e. The summed E-state index contributed by atoms with van der Waals surface area (Å²) in [6, 6.07) is 0. The molecule has 0 aliphatic rings. The molecule has 2 N–H and O–H groups in total. The second-order valence-electron chi connectivity index (χ2n) is 10.3. The molecule has 0 aliphatic heterocycles. The molecule has 2 nitrogen and oxygen atoms in total. The molecule has 0 aromatic carbocycles. The van der Waals surface area contributed by atoms with E-state index in [1.165, 1.54) is 122 Å². The molecule has 0 spiro atoms. The molecule has 176 valence electrons. The van der Waals surface area contributed by atoms with E-state index in [9.17, 15) is 0 Å². The topological polar surface area (TPSA) is 29.3 Å². The maximum atomic E-state index is 5.76. The van der Waals surface area contributed by atoms with Crippen molar-refractivity contribution in [2.75, 3.05) is 26.2 Å². The molecule has 2 heteroatoms. The Balaban J connectivity index is 3.56. The average molecular weight is 411 g/mol. The van der Waals surface area contributed by atoms with Gasteiger partial charge in [-0.15, -0.1) is 0 Å². The molecule has 0 aliphatic carbocycles. The molecule has 0 bridgehead atoms. The average Bonchev–Trinajstić information content (AvgIpc) is 2.68. The SMILES string of the molecule is CC(C)CCCCCCCCCN(CCCN)CCCCCCCCCC(C)C. The Hall–Kier alpha value is -0.0800. The molecule has 0 saturated carbocycles. The van der Waals surface area contributed by atoms with Gasteiger partial charge in [-0.05, 0) is 57.3 Å². The predicted octanol–water partition coefficient (Wildman–Crippen LogP) is 8.19. The van der Waals surface area contributed by atoms with E-state index in [-0.39, 0.29) is 0 Å². The minimum absolute atomic E-state index is 0.837. The number of nitrogens with two attached hydrogens (primary N) is 1. The first-order chi connectivity index (χ1) is 14.1. The molecule has 0 radical (unpaired) electrons. The standard InChI is InChI=1S/C27H58N2/c1-26(2)20-15-11-7-5-9-13-17-23-29(25-19-22-28)24-18-14-10-6-8-12-16-21-27(3)4/h26-27H,5-25,28H2,1-4H3. The van der Waals surface area contributed by atoms with E-state index in [1.807, 2.05) is 0 Å². The van der Waals surface area contributed by atoms with Crippen LogP contribution in [0.3, 0.4) is 0 Å².